The topological polar surface area (TPSA) is 107 Å². The summed E-state index contributed by atoms with van der Waals surface area (Å²) < 4.78 is 13.4. The molecule has 6 nitrogen and oxygen atoms in total. The van der Waals surface area contributed by atoms with Gasteiger partial charge in [0.1, 0.15) is 5.82 Å². The molecule has 2 fully saturated rings. The number of ketones is 1. The fourth-order valence-electron chi connectivity index (χ4n) is 4.23. The molecule has 2 aliphatic carbocycles. The van der Waals surface area contributed by atoms with Gasteiger partial charge >= 0.3 is 0 Å². The minimum absolute atomic E-state index is 0.0500. The van der Waals surface area contributed by atoms with Gasteiger partial charge in [0.25, 0.3) is 5.91 Å². The third-order valence-corrected chi connectivity index (χ3v) is 5.92. The lowest BCUT2D eigenvalue weighted by Gasteiger charge is -2.35. The van der Waals surface area contributed by atoms with Gasteiger partial charge in [0.05, 0.1) is 12.2 Å². The van der Waals surface area contributed by atoms with E-state index in [9.17, 15) is 29.3 Å². The van der Waals surface area contributed by atoms with E-state index in [1.54, 1.807) is 0 Å². The van der Waals surface area contributed by atoms with Crippen molar-refractivity contribution in [2.45, 2.75) is 56.5 Å². The standard InChI is InChI=1S/C19H23ClFNO5/c20-11-6-10(7-12(21)8-11)9-22-18(26)19(27)5-4-14(17(19)25)13-2-1-3-15(23)16(13)24/h6-8,13-16,23-24,27H,1-5,9H2,(H,22,26)/t13-,14?,15+,16-,19?/m1/s1. The number of benzene rings is 1. The summed E-state index contributed by atoms with van der Waals surface area (Å²) in [5.74, 6) is -3.16. The van der Waals surface area contributed by atoms with Crippen molar-refractivity contribution in [2.75, 3.05) is 0 Å². The fourth-order valence-corrected chi connectivity index (χ4v) is 4.47. The van der Waals surface area contributed by atoms with Crippen LogP contribution in [0, 0.1) is 17.7 Å². The molecule has 0 heterocycles. The van der Waals surface area contributed by atoms with Crippen molar-refractivity contribution in [1.29, 1.82) is 0 Å². The van der Waals surface area contributed by atoms with Crippen LogP contribution in [0.2, 0.25) is 5.02 Å². The Morgan fingerprint density at radius 1 is 1.26 bits per heavy atom. The molecule has 2 aliphatic rings. The molecule has 148 valence electrons. The van der Waals surface area contributed by atoms with Gasteiger partial charge in [-0.1, -0.05) is 18.0 Å². The summed E-state index contributed by atoms with van der Waals surface area (Å²) in [5.41, 5.74) is -1.77. The van der Waals surface area contributed by atoms with E-state index >= 15 is 0 Å². The van der Waals surface area contributed by atoms with E-state index in [4.69, 9.17) is 11.6 Å². The second kappa shape index (κ2) is 7.83. The van der Waals surface area contributed by atoms with Crippen LogP contribution in [0.15, 0.2) is 18.2 Å². The first-order chi connectivity index (χ1) is 12.7. The minimum Gasteiger partial charge on any atom is -0.390 e. The SMILES string of the molecule is O=C(NCc1cc(F)cc(Cl)c1)C1(O)CCC([C@H]2CCC[C@H](O)[C@@H]2O)C1=O. The van der Waals surface area contributed by atoms with Gasteiger partial charge in [-0.15, -0.1) is 0 Å². The largest absolute Gasteiger partial charge is 0.390 e. The van der Waals surface area contributed by atoms with Crippen molar-refractivity contribution < 1.29 is 29.3 Å². The first-order valence-electron chi connectivity index (χ1n) is 9.08. The van der Waals surface area contributed by atoms with Crippen LogP contribution in [0.1, 0.15) is 37.7 Å². The lowest BCUT2D eigenvalue weighted by Crippen LogP contribution is -2.52. The van der Waals surface area contributed by atoms with E-state index in [1.807, 2.05) is 0 Å². The zero-order valence-electron chi connectivity index (χ0n) is 14.7. The molecule has 0 aliphatic heterocycles. The number of carbonyl (C=O) groups is 2. The third kappa shape index (κ3) is 4.01. The smallest absolute Gasteiger partial charge is 0.260 e. The van der Waals surface area contributed by atoms with Gasteiger partial charge in [0.15, 0.2) is 5.78 Å². The highest BCUT2D eigenvalue weighted by atomic mass is 35.5. The van der Waals surface area contributed by atoms with Crippen LogP contribution in [-0.2, 0) is 16.1 Å². The van der Waals surface area contributed by atoms with Crippen LogP contribution in [0.4, 0.5) is 4.39 Å². The summed E-state index contributed by atoms with van der Waals surface area (Å²) in [6.07, 6.45) is 0.00385. The molecule has 3 rings (SSSR count). The van der Waals surface area contributed by atoms with Crippen LogP contribution in [0.5, 0.6) is 0 Å². The molecule has 27 heavy (non-hydrogen) atoms. The molecule has 0 aromatic heterocycles. The Bertz CT molecular complexity index is 725. The molecule has 5 atom stereocenters. The van der Waals surface area contributed by atoms with Crippen molar-refractivity contribution in [3.63, 3.8) is 0 Å². The van der Waals surface area contributed by atoms with E-state index in [-0.39, 0.29) is 24.4 Å². The Morgan fingerprint density at radius 3 is 2.70 bits per heavy atom. The highest BCUT2D eigenvalue weighted by molar-refractivity contribution is 6.30. The van der Waals surface area contributed by atoms with E-state index in [1.165, 1.54) is 12.1 Å². The van der Waals surface area contributed by atoms with E-state index in [0.29, 0.717) is 24.8 Å². The number of aliphatic hydroxyl groups excluding tert-OH is 2. The molecule has 0 radical (unpaired) electrons. The van der Waals surface area contributed by atoms with E-state index in [0.717, 1.165) is 6.07 Å². The van der Waals surface area contributed by atoms with E-state index < -0.39 is 47.2 Å². The average Bonchev–Trinajstić information content (AvgIpc) is 2.91. The summed E-state index contributed by atoms with van der Waals surface area (Å²) in [4.78, 5) is 25.2. The summed E-state index contributed by atoms with van der Waals surface area (Å²) in [6.45, 7) is -0.0820. The predicted octanol–water partition coefficient (Wildman–Crippen LogP) is 1.33. The quantitative estimate of drug-likeness (QED) is 0.571. The maximum Gasteiger partial charge on any atom is 0.260 e. The summed E-state index contributed by atoms with van der Waals surface area (Å²) in [6, 6.07) is 3.82. The van der Waals surface area contributed by atoms with Crippen molar-refractivity contribution >= 4 is 23.3 Å². The lowest BCUT2D eigenvalue weighted by molar-refractivity contribution is -0.153. The monoisotopic (exact) mass is 399 g/mol. The third-order valence-electron chi connectivity index (χ3n) is 5.70. The Kier molecular flexibility index (Phi) is 5.86. The molecule has 8 heteroatoms. The van der Waals surface area contributed by atoms with Gasteiger partial charge in [-0.3, -0.25) is 9.59 Å². The van der Waals surface area contributed by atoms with Crippen molar-refractivity contribution in [1.82, 2.24) is 5.32 Å². The molecular weight excluding hydrogens is 377 g/mol. The molecule has 1 aromatic rings. The molecule has 0 spiro atoms. The van der Waals surface area contributed by atoms with Gasteiger partial charge in [-0.25, -0.2) is 4.39 Å². The first kappa shape index (κ1) is 20.2. The summed E-state index contributed by atoms with van der Waals surface area (Å²) in [7, 11) is 0. The lowest BCUT2D eigenvalue weighted by atomic mass is 9.75. The second-order valence-electron chi connectivity index (χ2n) is 7.48. The van der Waals surface area contributed by atoms with Crippen LogP contribution in [0.25, 0.3) is 0 Å². The zero-order chi connectivity index (χ0) is 19.8. The van der Waals surface area contributed by atoms with Crippen molar-refractivity contribution in [2.24, 2.45) is 11.8 Å². The molecule has 2 saturated carbocycles. The Morgan fingerprint density at radius 2 is 2.00 bits per heavy atom. The number of Topliss-reactive ketones (excluding diaryl/α,β-unsaturated/α-hetero) is 1. The number of halogens is 2. The fraction of sp³-hybridized carbons (Fsp3) is 0.579. The number of aliphatic hydroxyl groups is 3. The minimum atomic E-state index is -2.18. The second-order valence-corrected chi connectivity index (χ2v) is 7.92. The molecule has 2 unspecified atom stereocenters. The molecule has 1 amide bonds. The Balaban J connectivity index is 1.67. The molecule has 4 N–H and O–H groups in total. The predicted molar refractivity (Wildman–Crippen MR) is 95.3 cm³/mol. The highest BCUT2D eigenvalue weighted by Crippen LogP contribution is 2.41. The van der Waals surface area contributed by atoms with Gasteiger partial charge < -0.3 is 20.6 Å². The van der Waals surface area contributed by atoms with Crippen LogP contribution in [-0.4, -0.2) is 44.8 Å². The Labute approximate surface area is 161 Å². The summed E-state index contributed by atoms with van der Waals surface area (Å²) in [5, 5.41) is 33.3. The van der Waals surface area contributed by atoms with Crippen molar-refractivity contribution in [3.8, 4) is 0 Å². The molecule has 1 aromatic carbocycles. The number of amides is 1. The number of nitrogens with one attached hydrogen (secondary N) is 1. The molecule has 0 bridgehead atoms. The molecule has 0 saturated heterocycles. The highest BCUT2D eigenvalue weighted by Gasteiger charge is 2.55. The maximum absolute atomic E-state index is 13.4. The van der Waals surface area contributed by atoms with Gasteiger partial charge in [-0.05, 0) is 55.4 Å². The van der Waals surface area contributed by atoms with Crippen molar-refractivity contribution in [3.05, 3.63) is 34.6 Å². The van der Waals surface area contributed by atoms with Gasteiger partial charge in [0.2, 0.25) is 5.60 Å². The number of hydrogen-bond acceptors (Lipinski definition) is 5. The van der Waals surface area contributed by atoms with Crippen LogP contribution < -0.4 is 5.32 Å². The zero-order valence-corrected chi connectivity index (χ0v) is 15.5. The summed E-state index contributed by atoms with van der Waals surface area (Å²) >= 11 is 5.77. The average molecular weight is 400 g/mol. The normalized spacial score (nSPS) is 33.9. The van der Waals surface area contributed by atoms with Gasteiger partial charge in [0, 0.05) is 17.5 Å². The Hall–Kier alpha value is -1.54. The number of hydrogen-bond donors (Lipinski definition) is 4. The van der Waals surface area contributed by atoms with Gasteiger partial charge in [-0.2, -0.15) is 0 Å². The maximum atomic E-state index is 13.4. The van der Waals surface area contributed by atoms with Crippen LogP contribution in [0.3, 0.4) is 0 Å². The number of carbonyl (C=O) groups excluding carboxylic acids is 2. The first-order valence-corrected chi connectivity index (χ1v) is 9.46. The number of rotatable bonds is 4. The van der Waals surface area contributed by atoms with Crippen LogP contribution >= 0.6 is 11.6 Å². The van der Waals surface area contributed by atoms with E-state index in [2.05, 4.69) is 5.32 Å². The molecular formula is C19H23ClFNO5.